The van der Waals surface area contributed by atoms with Crippen LogP contribution in [0.4, 0.5) is 0 Å². The largest absolute Gasteiger partial charge is 0.396 e. The van der Waals surface area contributed by atoms with Crippen molar-refractivity contribution in [2.75, 3.05) is 13.2 Å². The van der Waals surface area contributed by atoms with Crippen molar-refractivity contribution < 1.29 is 10.2 Å². The zero-order chi connectivity index (χ0) is 29.7. The molecule has 1 aromatic heterocycles. The Bertz CT molecular complexity index is 1900. The number of fused-ring (bicyclic) bond motifs is 7. The monoisotopic (exact) mass is 578 g/mol. The van der Waals surface area contributed by atoms with E-state index in [-0.39, 0.29) is 30.1 Å². The fourth-order valence-electron chi connectivity index (χ4n) is 8.62. The van der Waals surface area contributed by atoms with Gasteiger partial charge < -0.3 is 15.5 Å². The Kier molecular flexibility index (Phi) is 6.66. The number of nitrogens with zero attached hydrogens (tertiary/aromatic N) is 1. The number of benzene rings is 3. The average molecular weight is 579 g/mol. The second kappa shape index (κ2) is 10.7. The summed E-state index contributed by atoms with van der Waals surface area (Å²) in [6.07, 6.45) is 16.2. The van der Waals surface area contributed by atoms with Gasteiger partial charge in [-0.25, -0.2) is 4.98 Å². The van der Waals surface area contributed by atoms with Crippen LogP contribution in [0.25, 0.3) is 27.9 Å². The first-order valence-corrected chi connectivity index (χ1v) is 16.1. The summed E-state index contributed by atoms with van der Waals surface area (Å²) >= 11 is 0. The fraction of sp³-hybridized carbons (Fsp3) is 0.275. The van der Waals surface area contributed by atoms with E-state index in [0.29, 0.717) is 0 Å². The highest BCUT2D eigenvalue weighted by molar-refractivity contribution is 5.89. The van der Waals surface area contributed by atoms with Gasteiger partial charge in [-0.3, -0.25) is 0 Å². The quantitative estimate of drug-likeness (QED) is 0.192. The molecular weight excluding hydrogens is 540 g/mol. The Labute approximate surface area is 259 Å². The van der Waals surface area contributed by atoms with Gasteiger partial charge >= 0.3 is 0 Å². The molecule has 220 valence electrons. The maximum atomic E-state index is 10.2. The number of aliphatic hydroxyl groups is 2. The normalized spacial score (nSPS) is 24.0. The molecule has 3 unspecified atom stereocenters. The van der Waals surface area contributed by atoms with Gasteiger partial charge in [0.25, 0.3) is 0 Å². The number of hydrogen-bond donors (Lipinski definition) is 3. The molecule has 3 aliphatic carbocycles. The molecule has 4 aliphatic rings. The summed E-state index contributed by atoms with van der Waals surface area (Å²) in [6, 6.07) is 28.6. The van der Waals surface area contributed by atoms with Crippen LogP contribution in [0.5, 0.6) is 0 Å². The van der Waals surface area contributed by atoms with E-state index in [9.17, 15) is 10.2 Å². The number of pyridine rings is 1. The van der Waals surface area contributed by atoms with Gasteiger partial charge in [0, 0.05) is 46.3 Å². The summed E-state index contributed by atoms with van der Waals surface area (Å²) in [7, 11) is 0. The summed E-state index contributed by atoms with van der Waals surface area (Å²) in [5.41, 5.74) is 11.9. The van der Waals surface area contributed by atoms with E-state index in [4.69, 9.17) is 4.98 Å². The van der Waals surface area contributed by atoms with E-state index >= 15 is 0 Å². The molecule has 4 heteroatoms. The van der Waals surface area contributed by atoms with Crippen molar-refractivity contribution in [3.63, 3.8) is 0 Å². The molecule has 8 rings (SSSR count). The molecule has 0 amide bonds. The van der Waals surface area contributed by atoms with Crippen LogP contribution < -0.4 is 5.32 Å². The zero-order valence-electron chi connectivity index (χ0n) is 25.0. The fourth-order valence-corrected chi connectivity index (χ4v) is 8.62. The van der Waals surface area contributed by atoms with E-state index < -0.39 is 0 Å². The molecule has 0 radical (unpaired) electrons. The smallest absolute Gasteiger partial charge is 0.0753 e. The molecule has 0 saturated carbocycles. The first-order chi connectivity index (χ1) is 21.7. The van der Waals surface area contributed by atoms with Gasteiger partial charge in [0.15, 0.2) is 0 Å². The number of nitrogens with one attached hydrogen (secondary N) is 1. The number of aliphatic hydroxyl groups excluding tert-OH is 2. The molecule has 0 fully saturated rings. The van der Waals surface area contributed by atoms with Gasteiger partial charge in [0.05, 0.1) is 17.3 Å². The molecule has 2 heterocycles. The summed E-state index contributed by atoms with van der Waals surface area (Å²) in [5.74, 6) is 0. The predicted octanol–water partition coefficient (Wildman–Crippen LogP) is 7.51. The lowest BCUT2D eigenvalue weighted by atomic mass is 9.63. The number of dihydropyridines is 1. The van der Waals surface area contributed by atoms with Crippen LogP contribution >= 0.6 is 0 Å². The Balaban J connectivity index is 1.30. The van der Waals surface area contributed by atoms with Crippen molar-refractivity contribution in [3.8, 4) is 11.3 Å². The highest BCUT2D eigenvalue weighted by Crippen LogP contribution is 2.59. The molecule has 3 aromatic carbocycles. The molecule has 0 saturated heterocycles. The molecule has 4 nitrogen and oxygen atoms in total. The van der Waals surface area contributed by atoms with Crippen LogP contribution in [0, 0.1) is 0 Å². The van der Waals surface area contributed by atoms with Crippen molar-refractivity contribution in [3.05, 3.63) is 143 Å². The second-order valence-electron chi connectivity index (χ2n) is 12.8. The van der Waals surface area contributed by atoms with Crippen LogP contribution in [-0.4, -0.2) is 34.5 Å². The van der Waals surface area contributed by atoms with Gasteiger partial charge in [-0.05, 0) is 78.5 Å². The van der Waals surface area contributed by atoms with Crippen LogP contribution in [0.2, 0.25) is 0 Å². The lowest BCUT2D eigenvalue weighted by Crippen LogP contribution is -2.36. The second-order valence-corrected chi connectivity index (χ2v) is 12.8. The Morgan fingerprint density at radius 3 is 2.20 bits per heavy atom. The molecule has 44 heavy (non-hydrogen) atoms. The van der Waals surface area contributed by atoms with Crippen molar-refractivity contribution in [2.45, 2.75) is 55.4 Å². The predicted molar refractivity (Wildman–Crippen MR) is 178 cm³/mol. The number of aromatic nitrogens is 1. The third-order valence-corrected chi connectivity index (χ3v) is 10.6. The minimum absolute atomic E-state index is 0.158. The Hall–Kier alpha value is -4.25. The Morgan fingerprint density at radius 1 is 0.705 bits per heavy atom. The molecule has 4 aromatic rings. The van der Waals surface area contributed by atoms with E-state index in [1.807, 2.05) is 0 Å². The van der Waals surface area contributed by atoms with Crippen molar-refractivity contribution in [2.24, 2.45) is 0 Å². The SMILES string of the molecule is OCCCC1(CCC2(CCCO)c3ccccc3-c3nc4ccccc4cc32)C2=C(NC3C=CC=CC3=C2)c2ccccc21. The van der Waals surface area contributed by atoms with Gasteiger partial charge in [0.2, 0.25) is 0 Å². The van der Waals surface area contributed by atoms with Gasteiger partial charge in [0.1, 0.15) is 0 Å². The van der Waals surface area contributed by atoms with Crippen LogP contribution in [0.15, 0.2) is 120 Å². The topological polar surface area (TPSA) is 65.4 Å². The lowest BCUT2D eigenvalue weighted by Gasteiger charge is -2.40. The van der Waals surface area contributed by atoms with Crippen LogP contribution in [-0.2, 0) is 10.8 Å². The maximum Gasteiger partial charge on any atom is 0.0753 e. The third kappa shape index (κ3) is 4.01. The van der Waals surface area contributed by atoms with E-state index in [0.717, 1.165) is 55.1 Å². The number of allylic oxidation sites excluding steroid dienone is 4. The third-order valence-electron chi connectivity index (χ3n) is 10.6. The summed E-state index contributed by atoms with van der Waals surface area (Å²) < 4.78 is 0. The summed E-state index contributed by atoms with van der Waals surface area (Å²) in [4.78, 5) is 5.26. The summed E-state index contributed by atoms with van der Waals surface area (Å²) in [5, 5.41) is 25.4. The van der Waals surface area contributed by atoms with E-state index in [1.165, 1.54) is 44.7 Å². The number of para-hydroxylation sites is 1. The first kappa shape index (κ1) is 27.3. The molecular formula is C40H38N2O2. The standard InChI is InChI=1S/C40H38N2O2/c43-23-9-19-39(31-15-5-3-13-29(31)37-33(39)25-27-11-1-7-17-35(27)41-37)21-22-40(20-10-24-44)32-16-6-4-14-30(32)38-34(40)26-28-12-2-8-18-36(28)42-38/h1-8,11-18,25-26,35,41,43-44H,9-10,19-24H2. The highest BCUT2D eigenvalue weighted by atomic mass is 16.3. The number of hydrogen-bond acceptors (Lipinski definition) is 4. The number of rotatable bonds is 9. The van der Waals surface area contributed by atoms with Crippen molar-refractivity contribution in [1.29, 1.82) is 0 Å². The molecule has 0 spiro atoms. The van der Waals surface area contributed by atoms with Crippen LogP contribution in [0.3, 0.4) is 0 Å². The molecule has 1 aliphatic heterocycles. The highest BCUT2D eigenvalue weighted by Gasteiger charge is 2.50. The van der Waals surface area contributed by atoms with E-state index in [1.54, 1.807) is 0 Å². The first-order valence-electron chi connectivity index (χ1n) is 16.1. The lowest BCUT2D eigenvalue weighted by molar-refractivity contribution is 0.249. The van der Waals surface area contributed by atoms with Crippen LogP contribution in [0.1, 0.15) is 60.8 Å². The van der Waals surface area contributed by atoms with Gasteiger partial charge in [-0.15, -0.1) is 0 Å². The molecule has 3 N–H and O–H groups in total. The average Bonchev–Trinajstić information content (AvgIpc) is 3.50. The minimum Gasteiger partial charge on any atom is -0.396 e. The molecule has 3 atom stereocenters. The van der Waals surface area contributed by atoms with Crippen molar-refractivity contribution in [1.82, 2.24) is 10.3 Å². The van der Waals surface area contributed by atoms with E-state index in [2.05, 4.69) is 115 Å². The maximum absolute atomic E-state index is 10.2. The Morgan fingerprint density at radius 2 is 1.39 bits per heavy atom. The van der Waals surface area contributed by atoms with Gasteiger partial charge in [-0.1, -0.05) is 97.1 Å². The zero-order valence-corrected chi connectivity index (χ0v) is 25.0. The molecule has 0 bridgehead atoms. The minimum atomic E-state index is -0.276. The van der Waals surface area contributed by atoms with Gasteiger partial charge in [-0.2, -0.15) is 0 Å². The van der Waals surface area contributed by atoms with Crippen molar-refractivity contribution >= 4 is 16.6 Å². The summed E-state index contributed by atoms with van der Waals surface area (Å²) in [6.45, 7) is 0.324.